The van der Waals surface area contributed by atoms with E-state index < -0.39 is 6.04 Å². The van der Waals surface area contributed by atoms with Crippen LogP contribution in [0, 0.1) is 5.92 Å². The minimum atomic E-state index is -0.490. The maximum absolute atomic E-state index is 11.9. The summed E-state index contributed by atoms with van der Waals surface area (Å²) in [5.74, 6) is 0.715. The molecule has 0 aromatic heterocycles. The number of methoxy groups -OCH3 is 1. The second kappa shape index (κ2) is 6.75. The van der Waals surface area contributed by atoms with E-state index >= 15 is 0 Å². The molecule has 0 aliphatic rings. The van der Waals surface area contributed by atoms with E-state index in [0.29, 0.717) is 5.69 Å². The predicted octanol–water partition coefficient (Wildman–Crippen LogP) is 2.77. The predicted molar refractivity (Wildman–Crippen MR) is 76.8 cm³/mol. The molecule has 0 aliphatic carbocycles. The SMILES string of the molecule is CCC(C)C(N)C(=O)Nc1ccc(OC)c(Br)c1. The van der Waals surface area contributed by atoms with Gasteiger partial charge in [-0.1, -0.05) is 20.3 Å². The number of halogens is 1. The number of nitrogens with one attached hydrogen (secondary N) is 1. The van der Waals surface area contributed by atoms with Crippen LogP contribution in [0.15, 0.2) is 22.7 Å². The molecule has 1 amide bonds. The van der Waals surface area contributed by atoms with Gasteiger partial charge in [-0.05, 0) is 40.0 Å². The second-order valence-corrected chi connectivity index (χ2v) is 5.10. The summed E-state index contributed by atoms with van der Waals surface area (Å²) in [5, 5.41) is 2.80. The Morgan fingerprint density at radius 2 is 2.22 bits per heavy atom. The first kappa shape index (κ1) is 15.0. The van der Waals surface area contributed by atoms with Crippen molar-refractivity contribution in [1.82, 2.24) is 0 Å². The summed E-state index contributed by atoms with van der Waals surface area (Å²) < 4.78 is 5.92. The highest BCUT2D eigenvalue weighted by atomic mass is 79.9. The van der Waals surface area contributed by atoms with Crippen LogP contribution < -0.4 is 15.8 Å². The first-order chi connectivity index (χ1) is 8.49. The smallest absolute Gasteiger partial charge is 0.241 e. The Kier molecular flexibility index (Phi) is 5.62. The first-order valence-electron chi connectivity index (χ1n) is 5.89. The standard InChI is InChI=1S/C13H19BrN2O2/c1-4-8(2)12(15)13(17)16-9-5-6-11(18-3)10(14)7-9/h5-8,12H,4,15H2,1-3H3,(H,16,17). The molecule has 5 heteroatoms. The third-order valence-corrected chi connectivity index (χ3v) is 3.60. The van der Waals surface area contributed by atoms with Gasteiger partial charge in [0, 0.05) is 5.69 Å². The number of nitrogens with two attached hydrogens (primary N) is 1. The monoisotopic (exact) mass is 314 g/mol. The van der Waals surface area contributed by atoms with E-state index in [1.54, 1.807) is 25.3 Å². The van der Waals surface area contributed by atoms with Crippen LogP contribution in [0.2, 0.25) is 0 Å². The Bertz CT molecular complexity index is 423. The highest BCUT2D eigenvalue weighted by Crippen LogP contribution is 2.27. The number of hydrogen-bond acceptors (Lipinski definition) is 3. The number of benzene rings is 1. The van der Waals surface area contributed by atoms with Gasteiger partial charge in [0.05, 0.1) is 17.6 Å². The van der Waals surface area contributed by atoms with Gasteiger partial charge < -0.3 is 15.8 Å². The van der Waals surface area contributed by atoms with Crippen LogP contribution in [-0.4, -0.2) is 19.1 Å². The highest BCUT2D eigenvalue weighted by Gasteiger charge is 2.19. The minimum Gasteiger partial charge on any atom is -0.496 e. The fraction of sp³-hybridized carbons (Fsp3) is 0.462. The number of rotatable bonds is 5. The lowest BCUT2D eigenvalue weighted by Gasteiger charge is -2.18. The molecule has 0 aliphatic heterocycles. The number of hydrogen-bond donors (Lipinski definition) is 2. The zero-order chi connectivity index (χ0) is 13.7. The molecule has 2 atom stereocenters. The molecule has 100 valence electrons. The van der Waals surface area contributed by atoms with Crippen molar-refractivity contribution in [3.05, 3.63) is 22.7 Å². The Balaban J connectivity index is 2.73. The fourth-order valence-electron chi connectivity index (χ4n) is 1.48. The lowest BCUT2D eigenvalue weighted by Crippen LogP contribution is -2.40. The molecular formula is C13H19BrN2O2. The molecule has 18 heavy (non-hydrogen) atoms. The van der Waals surface area contributed by atoms with Crippen LogP contribution >= 0.6 is 15.9 Å². The lowest BCUT2D eigenvalue weighted by atomic mass is 9.99. The molecule has 0 saturated heterocycles. The molecule has 0 heterocycles. The molecule has 0 bridgehead atoms. The van der Waals surface area contributed by atoms with Gasteiger partial charge in [-0.2, -0.15) is 0 Å². The van der Waals surface area contributed by atoms with Gasteiger partial charge in [0.1, 0.15) is 5.75 Å². The molecular weight excluding hydrogens is 296 g/mol. The molecule has 0 spiro atoms. The average molecular weight is 315 g/mol. The summed E-state index contributed by atoms with van der Waals surface area (Å²) in [6.45, 7) is 3.98. The van der Waals surface area contributed by atoms with E-state index in [1.165, 1.54) is 0 Å². The second-order valence-electron chi connectivity index (χ2n) is 4.25. The first-order valence-corrected chi connectivity index (χ1v) is 6.68. The Labute approximate surface area is 116 Å². The Hall–Kier alpha value is -1.07. The zero-order valence-electron chi connectivity index (χ0n) is 10.9. The third kappa shape index (κ3) is 3.71. The van der Waals surface area contributed by atoms with Crippen molar-refractivity contribution in [2.75, 3.05) is 12.4 Å². The summed E-state index contributed by atoms with van der Waals surface area (Å²) >= 11 is 3.37. The molecule has 0 radical (unpaired) electrons. The Morgan fingerprint density at radius 1 is 1.56 bits per heavy atom. The van der Waals surface area contributed by atoms with Crippen LogP contribution in [0.1, 0.15) is 20.3 Å². The summed E-state index contributed by atoms with van der Waals surface area (Å²) in [6.07, 6.45) is 0.876. The molecule has 1 aromatic rings. The van der Waals surface area contributed by atoms with Gasteiger partial charge in [-0.15, -0.1) is 0 Å². The molecule has 0 fully saturated rings. The van der Waals surface area contributed by atoms with E-state index in [9.17, 15) is 4.79 Å². The van der Waals surface area contributed by atoms with Crippen molar-refractivity contribution < 1.29 is 9.53 Å². The van der Waals surface area contributed by atoms with Gasteiger partial charge in [0.15, 0.2) is 0 Å². The van der Waals surface area contributed by atoms with Gasteiger partial charge in [0.25, 0.3) is 0 Å². The zero-order valence-corrected chi connectivity index (χ0v) is 12.5. The van der Waals surface area contributed by atoms with Crippen LogP contribution in [0.3, 0.4) is 0 Å². The van der Waals surface area contributed by atoms with E-state index in [-0.39, 0.29) is 11.8 Å². The van der Waals surface area contributed by atoms with E-state index in [1.807, 2.05) is 13.8 Å². The molecule has 3 N–H and O–H groups in total. The molecule has 1 aromatic carbocycles. The molecule has 4 nitrogen and oxygen atoms in total. The van der Waals surface area contributed by atoms with Crippen LogP contribution in [-0.2, 0) is 4.79 Å². The number of carbonyl (C=O) groups is 1. The van der Waals surface area contributed by atoms with Gasteiger partial charge in [-0.25, -0.2) is 0 Å². The lowest BCUT2D eigenvalue weighted by molar-refractivity contribution is -0.118. The van der Waals surface area contributed by atoms with Gasteiger partial charge >= 0.3 is 0 Å². The highest BCUT2D eigenvalue weighted by molar-refractivity contribution is 9.10. The topological polar surface area (TPSA) is 64.4 Å². The van der Waals surface area contributed by atoms with Crippen molar-refractivity contribution in [3.8, 4) is 5.75 Å². The molecule has 2 unspecified atom stereocenters. The summed E-state index contributed by atoms with van der Waals surface area (Å²) in [5.41, 5.74) is 6.57. The van der Waals surface area contributed by atoms with Gasteiger partial charge in [-0.3, -0.25) is 4.79 Å². The number of carbonyl (C=O) groups excluding carboxylic acids is 1. The summed E-state index contributed by atoms with van der Waals surface area (Å²) in [6, 6.07) is 4.87. The third-order valence-electron chi connectivity index (χ3n) is 2.98. The van der Waals surface area contributed by atoms with Crippen LogP contribution in [0.4, 0.5) is 5.69 Å². The van der Waals surface area contributed by atoms with Crippen molar-refractivity contribution in [3.63, 3.8) is 0 Å². The van der Waals surface area contributed by atoms with Crippen molar-refractivity contribution in [1.29, 1.82) is 0 Å². The fourth-order valence-corrected chi connectivity index (χ4v) is 2.02. The quantitative estimate of drug-likeness (QED) is 0.878. The summed E-state index contributed by atoms with van der Waals surface area (Å²) in [4.78, 5) is 11.9. The van der Waals surface area contributed by atoms with Gasteiger partial charge in [0.2, 0.25) is 5.91 Å². The Morgan fingerprint density at radius 3 is 2.72 bits per heavy atom. The number of ether oxygens (including phenoxy) is 1. The largest absolute Gasteiger partial charge is 0.496 e. The van der Waals surface area contributed by atoms with E-state index in [0.717, 1.165) is 16.6 Å². The van der Waals surface area contributed by atoms with Crippen molar-refractivity contribution >= 4 is 27.5 Å². The van der Waals surface area contributed by atoms with Crippen LogP contribution in [0.5, 0.6) is 5.75 Å². The summed E-state index contributed by atoms with van der Waals surface area (Å²) in [7, 11) is 1.59. The van der Waals surface area contributed by atoms with E-state index in [4.69, 9.17) is 10.5 Å². The van der Waals surface area contributed by atoms with Crippen molar-refractivity contribution in [2.24, 2.45) is 11.7 Å². The molecule has 0 saturated carbocycles. The van der Waals surface area contributed by atoms with Crippen LogP contribution in [0.25, 0.3) is 0 Å². The average Bonchev–Trinajstić information content (AvgIpc) is 2.37. The maximum Gasteiger partial charge on any atom is 0.241 e. The minimum absolute atomic E-state index is 0.159. The normalized spacial score (nSPS) is 13.8. The number of amides is 1. The van der Waals surface area contributed by atoms with E-state index in [2.05, 4.69) is 21.2 Å². The number of anilines is 1. The maximum atomic E-state index is 11.9. The molecule has 1 rings (SSSR count). The van der Waals surface area contributed by atoms with Crippen molar-refractivity contribution in [2.45, 2.75) is 26.3 Å².